The number of benzene rings is 2. The van der Waals surface area contributed by atoms with Crippen molar-refractivity contribution in [3.8, 4) is 17.2 Å². The molecular formula is C31H37NO4. The zero-order chi connectivity index (χ0) is 24.5. The number of hydrogen-bond donors (Lipinski definition) is 0. The van der Waals surface area contributed by atoms with Gasteiger partial charge in [0.1, 0.15) is 5.75 Å². The fraction of sp³-hybridized carbons (Fsp3) is 0.581. The number of carbonyl (C=O) groups excluding carboxylic acids is 1. The molecule has 2 aromatic rings. The Balaban J connectivity index is 1.27. The second-order valence-electron chi connectivity index (χ2n) is 11.8. The van der Waals surface area contributed by atoms with Crippen molar-refractivity contribution in [1.29, 1.82) is 0 Å². The SMILES string of the molecule is COc1cc(OCCCc2ccccc2)c2c3c1O[C@@]1(C)C(=O)CC[C@H]4[C@@H](C2)N(CC2CC2)CC[C@@]341. The molecule has 0 aromatic heterocycles. The summed E-state index contributed by atoms with van der Waals surface area (Å²) in [7, 11) is 1.70. The highest BCUT2D eigenvalue weighted by molar-refractivity contribution is 5.93. The average molecular weight is 488 g/mol. The molecule has 0 unspecified atom stereocenters. The first-order valence-electron chi connectivity index (χ1n) is 13.9. The molecule has 3 aliphatic carbocycles. The molecule has 5 heteroatoms. The topological polar surface area (TPSA) is 48.0 Å². The molecule has 5 nitrogen and oxygen atoms in total. The van der Waals surface area contributed by atoms with E-state index in [1.165, 1.54) is 36.1 Å². The Bertz CT molecular complexity index is 1190. The summed E-state index contributed by atoms with van der Waals surface area (Å²) in [5.74, 6) is 4.00. The van der Waals surface area contributed by atoms with Gasteiger partial charge < -0.3 is 14.2 Å². The lowest BCUT2D eigenvalue weighted by Crippen LogP contribution is -2.71. The van der Waals surface area contributed by atoms with Gasteiger partial charge in [-0.3, -0.25) is 9.69 Å². The maximum absolute atomic E-state index is 13.5. The number of nitrogens with zero attached hydrogens (tertiary/aromatic N) is 1. The Kier molecular flexibility index (Phi) is 5.18. The summed E-state index contributed by atoms with van der Waals surface area (Å²) in [6, 6.07) is 13.1. The fourth-order valence-electron chi connectivity index (χ4n) is 8.11. The van der Waals surface area contributed by atoms with Crippen molar-refractivity contribution in [2.45, 2.75) is 75.3 Å². The van der Waals surface area contributed by atoms with Crippen LogP contribution in [0.2, 0.25) is 0 Å². The molecule has 0 radical (unpaired) electrons. The molecule has 190 valence electrons. The van der Waals surface area contributed by atoms with Gasteiger partial charge in [-0.2, -0.15) is 0 Å². The van der Waals surface area contributed by atoms with E-state index in [0.717, 1.165) is 56.1 Å². The Labute approximate surface area is 214 Å². The van der Waals surface area contributed by atoms with Crippen LogP contribution in [0.15, 0.2) is 36.4 Å². The maximum Gasteiger partial charge on any atom is 0.177 e. The zero-order valence-electron chi connectivity index (χ0n) is 21.6. The molecule has 36 heavy (non-hydrogen) atoms. The molecule has 2 heterocycles. The highest BCUT2D eigenvalue weighted by atomic mass is 16.5. The smallest absolute Gasteiger partial charge is 0.177 e. The Morgan fingerprint density at radius 1 is 1.14 bits per heavy atom. The fourth-order valence-corrected chi connectivity index (χ4v) is 8.11. The van der Waals surface area contributed by atoms with E-state index in [9.17, 15) is 4.79 Å². The van der Waals surface area contributed by atoms with Crippen molar-refractivity contribution in [1.82, 2.24) is 4.90 Å². The van der Waals surface area contributed by atoms with Crippen molar-refractivity contribution in [2.24, 2.45) is 11.8 Å². The molecule has 1 spiro atoms. The van der Waals surface area contributed by atoms with Crippen LogP contribution >= 0.6 is 0 Å². The van der Waals surface area contributed by atoms with Crippen molar-refractivity contribution >= 4 is 5.78 Å². The van der Waals surface area contributed by atoms with Gasteiger partial charge in [-0.1, -0.05) is 30.3 Å². The number of rotatable bonds is 8. The molecule has 0 amide bonds. The first kappa shape index (κ1) is 22.7. The number of ether oxygens (including phenoxy) is 3. The zero-order valence-corrected chi connectivity index (χ0v) is 21.6. The molecular weight excluding hydrogens is 450 g/mol. The van der Waals surface area contributed by atoms with E-state index in [0.29, 0.717) is 30.7 Å². The largest absolute Gasteiger partial charge is 0.493 e. The second-order valence-corrected chi connectivity index (χ2v) is 11.8. The maximum atomic E-state index is 13.5. The lowest BCUT2D eigenvalue weighted by Gasteiger charge is -2.60. The normalized spacial score (nSPS) is 32.1. The van der Waals surface area contributed by atoms with E-state index in [4.69, 9.17) is 14.2 Å². The van der Waals surface area contributed by atoms with E-state index < -0.39 is 5.60 Å². The lowest BCUT2D eigenvalue weighted by atomic mass is 9.47. The first-order chi connectivity index (χ1) is 17.5. The highest BCUT2D eigenvalue weighted by Gasteiger charge is 2.72. The summed E-state index contributed by atoms with van der Waals surface area (Å²) >= 11 is 0. The van der Waals surface area contributed by atoms with Gasteiger partial charge in [0, 0.05) is 36.2 Å². The van der Waals surface area contributed by atoms with Gasteiger partial charge in [-0.25, -0.2) is 0 Å². The van der Waals surface area contributed by atoms with Gasteiger partial charge in [0.05, 0.1) is 19.1 Å². The minimum absolute atomic E-state index is 0.254. The molecule has 2 saturated carbocycles. The molecule has 2 aliphatic heterocycles. The number of Topliss-reactive ketones (excluding diaryl/α,β-unsaturated/α-hetero) is 1. The summed E-state index contributed by atoms with van der Waals surface area (Å²) in [5.41, 5.74) is 2.77. The third-order valence-electron chi connectivity index (χ3n) is 10.0. The van der Waals surface area contributed by atoms with Gasteiger partial charge >= 0.3 is 0 Å². The number of hydrogen-bond acceptors (Lipinski definition) is 5. The van der Waals surface area contributed by atoms with E-state index in [1.54, 1.807) is 7.11 Å². The number of carbonyl (C=O) groups is 1. The Morgan fingerprint density at radius 2 is 1.97 bits per heavy atom. The highest BCUT2D eigenvalue weighted by Crippen LogP contribution is 2.68. The third kappa shape index (κ3) is 3.14. The van der Waals surface area contributed by atoms with Crippen LogP contribution in [0, 0.1) is 11.8 Å². The van der Waals surface area contributed by atoms with Crippen LogP contribution in [0.5, 0.6) is 17.2 Å². The number of aryl methyl sites for hydroxylation is 1. The number of likely N-dealkylation sites (tertiary alicyclic amines) is 1. The summed E-state index contributed by atoms with van der Waals surface area (Å²) in [5, 5.41) is 0. The van der Waals surface area contributed by atoms with Gasteiger partial charge in [0.2, 0.25) is 0 Å². The standard InChI is InChI=1S/C31H37NO4/c1-30-27(33)13-12-23-24-17-22-25(35-16-6-9-20-7-4-3-5-8-20)18-26(34-2)29(36-30)28(22)31(23,30)14-15-32(24)19-21-10-11-21/h3-5,7-8,18,21,23-24H,6,9-17,19H2,1-2H3/t23-,24+,30-,31-/m0/s1. The predicted octanol–water partition coefficient (Wildman–Crippen LogP) is 5.12. The van der Waals surface area contributed by atoms with E-state index >= 15 is 0 Å². The van der Waals surface area contributed by atoms with Gasteiger partial charge in [0.15, 0.2) is 22.9 Å². The Morgan fingerprint density at radius 3 is 2.75 bits per heavy atom. The number of piperidine rings is 1. The molecule has 5 aliphatic rings. The molecule has 0 N–H and O–H groups in total. The quantitative estimate of drug-likeness (QED) is 0.484. The predicted molar refractivity (Wildman–Crippen MR) is 138 cm³/mol. The molecule has 2 bridgehead atoms. The molecule has 3 fully saturated rings. The van der Waals surface area contributed by atoms with Crippen molar-refractivity contribution in [3.05, 3.63) is 53.1 Å². The van der Waals surface area contributed by atoms with Crippen molar-refractivity contribution in [2.75, 3.05) is 26.8 Å². The molecule has 7 rings (SSSR count). The van der Waals surface area contributed by atoms with Crippen LogP contribution in [-0.4, -0.2) is 49.1 Å². The third-order valence-corrected chi connectivity index (χ3v) is 10.0. The average Bonchev–Trinajstić information content (AvgIpc) is 3.66. The van der Waals surface area contributed by atoms with Crippen LogP contribution in [0.4, 0.5) is 0 Å². The first-order valence-corrected chi connectivity index (χ1v) is 13.9. The van der Waals surface area contributed by atoms with Crippen LogP contribution in [-0.2, 0) is 23.1 Å². The van der Waals surface area contributed by atoms with Crippen LogP contribution in [0.1, 0.15) is 62.1 Å². The molecule has 4 atom stereocenters. The molecule has 2 aromatic carbocycles. The second kappa shape index (κ2) is 8.24. The van der Waals surface area contributed by atoms with E-state index in [-0.39, 0.29) is 11.2 Å². The van der Waals surface area contributed by atoms with Crippen molar-refractivity contribution < 1.29 is 19.0 Å². The van der Waals surface area contributed by atoms with Crippen molar-refractivity contribution in [3.63, 3.8) is 0 Å². The summed E-state index contributed by atoms with van der Waals surface area (Å²) in [4.78, 5) is 16.3. The minimum atomic E-state index is -0.809. The van der Waals surface area contributed by atoms with Gasteiger partial charge in [-0.05, 0) is 75.8 Å². The number of ketones is 1. The Hall–Kier alpha value is -2.53. The number of methoxy groups -OCH3 is 1. The van der Waals surface area contributed by atoms with Crippen LogP contribution in [0.25, 0.3) is 0 Å². The van der Waals surface area contributed by atoms with Gasteiger partial charge in [0.25, 0.3) is 0 Å². The summed E-state index contributed by atoms with van der Waals surface area (Å²) in [6.07, 6.45) is 8.23. The van der Waals surface area contributed by atoms with Gasteiger partial charge in [-0.15, -0.1) is 0 Å². The monoisotopic (exact) mass is 487 g/mol. The molecule has 1 saturated heterocycles. The van der Waals surface area contributed by atoms with Crippen LogP contribution < -0.4 is 14.2 Å². The summed E-state index contributed by atoms with van der Waals surface area (Å²) in [6.45, 7) is 4.99. The minimum Gasteiger partial charge on any atom is -0.493 e. The lowest BCUT2D eigenvalue weighted by molar-refractivity contribution is -0.154. The summed E-state index contributed by atoms with van der Waals surface area (Å²) < 4.78 is 19.1. The van der Waals surface area contributed by atoms with Crippen LogP contribution in [0.3, 0.4) is 0 Å². The van der Waals surface area contributed by atoms with E-state index in [2.05, 4.69) is 42.2 Å². The van der Waals surface area contributed by atoms with E-state index in [1.807, 2.05) is 6.07 Å².